The summed E-state index contributed by atoms with van der Waals surface area (Å²) in [5.74, 6) is -1.73. The maximum absolute atomic E-state index is 11.4. The van der Waals surface area contributed by atoms with Crippen LogP contribution in [0.3, 0.4) is 0 Å². The van der Waals surface area contributed by atoms with Crippen molar-refractivity contribution in [2.75, 3.05) is 23.4 Å². The summed E-state index contributed by atoms with van der Waals surface area (Å²) in [6.07, 6.45) is 0. The molecule has 0 saturated carbocycles. The molecule has 0 aromatic heterocycles. The highest BCUT2D eigenvalue weighted by atomic mass is 35.5. The second-order valence-electron chi connectivity index (χ2n) is 3.37. The zero-order valence-electron chi connectivity index (χ0n) is 8.89. The van der Waals surface area contributed by atoms with Gasteiger partial charge in [0.05, 0.1) is 12.4 Å². The van der Waals surface area contributed by atoms with Gasteiger partial charge in [-0.25, -0.2) is 8.42 Å². The predicted molar refractivity (Wildman–Crippen MR) is 65.8 cm³/mol. The summed E-state index contributed by atoms with van der Waals surface area (Å²) < 4.78 is 22.5. The van der Waals surface area contributed by atoms with Crippen molar-refractivity contribution in [2.24, 2.45) is 0 Å². The summed E-state index contributed by atoms with van der Waals surface area (Å²) in [5, 5.41) is 11.4. The van der Waals surface area contributed by atoms with E-state index in [-0.39, 0.29) is 0 Å². The van der Waals surface area contributed by atoms with Crippen molar-refractivity contribution in [2.45, 2.75) is 0 Å². The number of nitrogens with one attached hydrogen (secondary N) is 1. The van der Waals surface area contributed by atoms with Crippen LogP contribution in [-0.2, 0) is 14.6 Å². The third-order valence-corrected chi connectivity index (χ3v) is 3.60. The molecule has 0 unspecified atom stereocenters. The van der Waals surface area contributed by atoms with E-state index >= 15 is 0 Å². The number of sulfone groups is 1. The van der Waals surface area contributed by atoms with Crippen LogP contribution < -0.4 is 5.32 Å². The molecule has 5 nitrogen and oxygen atoms in total. The van der Waals surface area contributed by atoms with Crippen LogP contribution in [0.4, 0.5) is 5.69 Å². The van der Waals surface area contributed by atoms with E-state index in [9.17, 15) is 13.2 Å². The van der Waals surface area contributed by atoms with Crippen LogP contribution in [0.5, 0.6) is 0 Å². The second-order valence-corrected chi connectivity index (χ2v) is 5.99. The fourth-order valence-electron chi connectivity index (χ4n) is 1.17. The topological polar surface area (TPSA) is 83.5 Å². The zero-order chi connectivity index (χ0) is 12.9. The lowest BCUT2D eigenvalue weighted by atomic mass is 10.3. The Kier molecular flexibility index (Phi) is 4.92. The molecule has 0 bridgehead atoms. The van der Waals surface area contributed by atoms with Gasteiger partial charge in [-0.2, -0.15) is 0 Å². The first-order valence-electron chi connectivity index (χ1n) is 4.79. The first kappa shape index (κ1) is 14.0. The zero-order valence-corrected chi connectivity index (χ0v) is 10.5. The highest BCUT2D eigenvalue weighted by Gasteiger charge is 2.16. The highest BCUT2D eigenvalue weighted by molar-refractivity contribution is 7.92. The van der Waals surface area contributed by atoms with E-state index in [1.165, 1.54) is 6.07 Å². The van der Waals surface area contributed by atoms with E-state index in [2.05, 4.69) is 5.32 Å². The number of carbonyl (C=O) groups is 1. The van der Waals surface area contributed by atoms with Crippen molar-refractivity contribution in [3.8, 4) is 0 Å². The van der Waals surface area contributed by atoms with Gasteiger partial charge in [-0.3, -0.25) is 4.79 Å². The Morgan fingerprint density at radius 1 is 1.41 bits per heavy atom. The standard InChI is InChI=1S/C10H12ClNO4S/c11-8-2-1-3-9(6-8)12-10(14)7-17(15,16)5-4-13/h1-3,6,13H,4-5,7H2,(H,12,14). The quantitative estimate of drug-likeness (QED) is 0.829. The fraction of sp³-hybridized carbons (Fsp3) is 0.300. The molecule has 0 aliphatic heterocycles. The average molecular weight is 278 g/mol. The molecule has 0 radical (unpaired) electrons. The van der Waals surface area contributed by atoms with E-state index in [1.54, 1.807) is 18.2 Å². The molecule has 0 atom stereocenters. The minimum Gasteiger partial charge on any atom is -0.395 e. The summed E-state index contributed by atoms with van der Waals surface area (Å²) >= 11 is 5.71. The summed E-state index contributed by atoms with van der Waals surface area (Å²) in [7, 11) is -3.56. The summed E-state index contributed by atoms with van der Waals surface area (Å²) in [5.41, 5.74) is 0.432. The molecule has 7 heteroatoms. The number of halogens is 1. The van der Waals surface area contributed by atoms with Crippen LogP contribution in [0.1, 0.15) is 0 Å². The number of amides is 1. The molecule has 0 spiro atoms. The Labute approximate surface area is 104 Å². The number of hydrogen-bond donors (Lipinski definition) is 2. The van der Waals surface area contributed by atoms with Gasteiger partial charge in [0.15, 0.2) is 9.84 Å². The van der Waals surface area contributed by atoms with Crippen LogP contribution in [0, 0.1) is 0 Å². The molecule has 1 rings (SSSR count). The summed E-state index contributed by atoms with van der Waals surface area (Å²) in [6, 6.07) is 6.39. The van der Waals surface area contributed by atoms with Crippen LogP contribution in [0.15, 0.2) is 24.3 Å². The van der Waals surface area contributed by atoms with Gasteiger partial charge in [-0.1, -0.05) is 17.7 Å². The third-order valence-electron chi connectivity index (χ3n) is 1.86. The van der Waals surface area contributed by atoms with E-state index < -0.39 is 33.9 Å². The molecule has 2 N–H and O–H groups in total. The lowest BCUT2D eigenvalue weighted by Gasteiger charge is -2.05. The van der Waals surface area contributed by atoms with Crippen molar-refractivity contribution in [3.63, 3.8) is 0 Å². The normalized spacial score (nSPS) is 11.2. The number of benzene rings is 1. The third kappa shape index (κ3) is 5.16. The number of anilines is 1. The van der Waals surface area contributed by atoms with Crippen molar-refractivity contribution < 1.29 is 18.3 Å². The molecule has 1 amide bonds. The van der Waals surface area contributed by atoms with Crippen LogP contribution in [0.25, 0.3) is 0 Å². The maximum Gasteiger partial charge on any atom is 0.239 e. The Morgan fingerprint density at radius 3 is 2.71 bits per heavy atom. The summed E-state index contributed by atoms with van der Waals surface area (Å²) in [6.45, 7) is -0.493. The predicted octanol–water partition coefficient (Wildman–Crippen LogP) is 0.686. The van der Waals surface area contributed by atoms with Crippen LogP contribution >= 0.6 is 11.6 Å². The van der Waals surface area contributed by atoms with E-state index in [1.807, 2.05) is 0 Å². The maximum atomic E-state index is 11.4. The summed E-state index contributed by atoms with van der Waals surface area (Å²) in [4.78, 5) is 11.4. The van der Waals surface area contributed by atoms with E-state index in [4.69, 9.17) is 16.7 Å². The van der Waals surface area contributed by atoms with Crippen molar-refractivity contribution in [3.05, 3.63) is 29.3 Å². The highest BCUT2D eigenvalue weighted by Crippen LogP contribution is 2.14. The number of carbonyl (C=O) groups excluding carboxylic acids is 1. The molecular formula is C10H12ClNO4S. The molecule has 0 aliphatic rings. The molecular weight excluding hydrogens is 266 g/mol. The SMILES string of the molecule is O=C(CS(=O)(=O)CCO)Nc1cccc(Cl)c1. The van der Waals surface area contributed by atoms with Crippen molar-refractivity contribution in [1.82, 2.24) is 0 Å². The number of aliphatic hydroxyl groups is 1. The Bertz CT molecular complexity index is 501. The van der Waals surface area contributed by atoms with Gasteiger partial charge < -0.3 is 10.4 Å². The molecule has 1 aromatic carbocycles. The molecule has 0 heterocycles. The molecule has 0 aliphatic carbocycles. The van der Waals surface area contributed by atoms with Gasteiger partial charge in [-0.15, -0.1) is 0 Å². The Balaban J connectivity index is 2.62. The Morgan fingerprint density at radius 2 is 2.12 bits per heavy atom. The number of rotatable bonds is 5. The van der Waals surface area contributed by atoms with Gasteiger partial charge in [0.25, 0.3) is 0 Å². The Hall–Kier alpha value is -1.11. The van der Waals surface area contributed by atoms with Gasteiger partial charge in [0, 0.05) is 10.7 Å². The smallest absolute Gasteiger partial charge is 0.239 e. The van der Waals surface area contributed by atoms with Gasteiger partial charge >= 0.3 is 0 Å². The minimum atomic E-state index is -3.56. The first-order valence-corrected chi connectivity index (χ1v) is 6.99. The number of aliphatic hydroxyl groups excluding tert-OH is 1. The van der Waals surface area contributed by atoms with Crippen LogP contribution in [0.2, 0.25) is 5.02 Å². The lowest BCUT2D eigenvalue weighted by Crippen LogP contribution is -2.25. The fourth-order valence-corrected chi connectivity index (χ4v) is 2.26. The van der Waals surface area contributed by atoms with Gasteiger partial charge in [0.2, 0.25) is 5.91 Å². The second kappa shape index (κ2) is 6.00. The average Bonchev–Trinajstić information content (AvgIpc) is 2.15. The molecule has 0 saturated heterocycles. The number of hydrogen-bond acceptors (Lipinski definition) is 4. The van der Waals surface area contributed by atoms with E-state index in [0.717, 1.165) is 0 Å². The van der Waals surface area contributed by atoms with Gasteiger partial charge in [0.1, 0.15) is 5.75 Å². The first-order chi connectivity index (χ1) is 7.93. The molecule has 0 fully saturated rings. The van der Waals surface area contributed by atoms with Crippen molar-refractivity contribution in [1.29, 1.82) is 0 Å². The van der Waals surface area contributed by atoms with E-state index in [0.29, 0.717) is 10.7 Å². The molecule has 1 aromatic rings. The van der Waals surface area contributed by atoms with Gasteiger partial charge in [-0.05, 0) is 18.2 Å². The minimum absolute atomic E-state index is 0.421. The lowest BCUT2D eigenvalue weighted by molar-refractivity contribution is -0.113. The molecule has 17 heavy (non-hydrogen) atoms. The monoisotopic (exact) mass is 277 g/mol. The molecule has 94 valence electrons. The van der Waals surface area contributed by atoms with Crippen LogP contribution in [-0.4, -0.2) is 37.5 Å². The largest absolute Gasteiger partial charge is 0.395 e. The van der Waals surface area contributed by atoms with Crippen molar-refractivity contribution >= 4 is 33.0 Å².